The van der Waals surface area contributed by atoms with Crippen molar-refractivity contribution in [2.45, 2.75) is 19.8 Å². The zero-order chi connectivity index (χ0) is 14.1. The highest BCUT2D eigenvalue weighted by atomic mass is 16.2. The van der Waals surface area contributed by atoms with Crippen LogP contribution in [0.5, 0.6) is 0 Å². The van der Waals surface area contributed by atoms with Crippen LogP contribution in [-0.2, 0) is 6.42 Å². The number of fused-ring (bicyclic) bond motifs is 1. The fourth-order valence-electron chi connectivity index (χ4n) is 2.67. The number of aryl methyl sites for hydroxylation is 2. The molecule has 2 heterocycles. The van der Waals surface area contributed by atoms with Gasteiger partial charge in [-0.2, -0.15) is 0 Å². The lowest BCUT2D eigenvalue weighted by atomic mass is 10.0. The largest absolute Gasteiger partial charge is 0.399 e. The second kappa shape index (κ2) is 4.96. The third-order valence-electron chi connectivity index (χ3n) is 3.68. The standard InChI is InChI=1S/C16H17N3O/c1-11-4-2-8-18-15(11)16(20)19-9-3-5-12-10-13(17)6-7-14(12)19/h2,4,6-8,10H,3,5,9,17H2,1H3. The molecule has 4 heteroatoms. The summed E-state index contributed by atoms with van der Waals surface area (Å²) < 4.78 is 0. The van der Waals surface area contributed by atoms with Gasteiger partial charge in [0.1, 0.15) is 5.69 Å². The molecule has 102 valence electrons. The summed E-state index contributed by atoms with van der Waals surface area (Å²) in [6.07, 6.45) is 3.58. The molecule has 0 fully saturated rings. The number of aromatic nitrogens is 1. The third-order valence-corrected chi connectivity index (χ3v) is 3.68. The van der Waals surface area contributed by atoms with Crippen molar-refractivity contribution in [2.75, 3.05) is 17.2 Å². The summed E-state index contributed by atoms with van der Waals surface area (Å²) in [5, 5.41) is 0. The van der Waals surface area contributed by atoms with Gasteiger partial charge < -0.3 is 10.6 Å². The fraction of sp³-hybridized carbons (Fsp3) is 0.250. The molecular formula is C16H17N3O. The van der Waals surface area contributed by atoms with Crippen molar-refractivity contribution >= 4 is 17.3 Å². The maximum absolute atomic E-state index is 12.7. The number of benzene rings is 1. The number of rotatable bonds is 1. The summed E-state index contributed by atoms with van der Waals surface area (Å²) in [7, 11) is 0. The lowest BCUT2D eigenvalue weighted by molar-refractivity contribution is 0.0979. The quantitative estimate of drug-likeness (QED) is 0.808. The van der Waals surface area contributed by atoms with Gasteiger partial charge in [-0.15, -0.1) is 0 Å². The molecule has 1 aromatic heterocycles. The average molecular weight is 267 g/mol. The van der Waals surface area contributed by atoms with Gasteiger partial charge in [0.15, 0.2) is 0 Å². The van der Waals surface area contributed by atoms with Crippen molar-refractivity contribution in [3.05, 3.63) is 53.3 Å². The number of hydrogen-bond acceptors (Lipinski definition) is 3. The van der Waals surface area contributed by atoms with Crippen LogP contribution in [0.25, 0.3) is 0 Å². The number of anilines is 2. The number of nitrogens with two attached hydrogens (primary N) is 1. The number of hydrogen-bond donors (Lipinski definition) is 1. The zero-order valence-electron chi connectivity index (χ0n) is 11.5. The molecule has 0 spiro atoms. The Morgan fingerprint density at radius 1 is 1.35 bits per heavy atom. The van der Waals surface area contributed by atoms with E-state index in [1.807, 2.05) is 42.2 Å². The van der Waals surface area contributed by atoms with Crippen LogP contribution in [0.15, 0.2) is 36.5 Å². The van der Waals surface area contributed by atoms with Crippen LogP contribution in [0.1, 0.15) is 28.0 Å². The fourth-order valence-corrected chi connectivity index (χ4v) is 2.67. The molecule has 0 saturated heterocycles. The van der Waals surface area contributed by atoms with Crippen LogP contribution in [0, 0.1) is 6.92 Å². The predicted molar refractivity (Wildman–Crippen MR) is 79.8 cm³/mol. The van der Waals surface area contributed by atoms with E-state index in [0.29, 0.717) is 5.69 Å². The summed E-state index contributed by atoms with van der Waals surface area (Å²) in [5.74, 6) is -0.0335. The molecule has 0 radical (unpaired) electrons. The lowest BCUT2D eigenvalue weighted by Crippen LogP contribution is -2.36. The van der Waals surface area contributed by atoms with E-state index in [1.54, 1.807) is 6.20 Å². The topological polar surface area (TPSA) is 59.2 Å². The van der Waals surface area contributed by atoms with Gasteiger partial charge in [0.25, 0.3) is 5.91 Å². The first kappa shape index (κ1) is 12.7. The van der Waals surface area contributed by atoms with Crippen LogP contribution in [0.4, 0.5) is 11.4 Å². The van der Waals surface area contributed by atoms with Gasteiger partial charge in [-0.1, -0.05) is 6.07 Å². The number of amides is 1. The van der Waals surface area contributed by atoms with Crippen LogP contribution in [0.2, 0.25) is 0 Å². The van der Waals surface area contributed by atoms with E-state index in [4.69, 9.17) is 5.73 Å². The maximum Gasteiger partial charge on any atom is 0.277 e. The second-order valence-electron chi connectivity index (χ2n) is 5.12. The van der Waals surface area contributed by atoms with Crippen molar-refractivity contribution in [1.82, 2.24) is 4.98 Å². The molecule has 1 amide bonds. The Morgan fingerprint density at radius 2 is 2.20 bits per heavy atom. The number of nitrogen functional groups attached to an aromatic ring is 1. The normalized spacial score (nSPS) is 13.9. The van der Waals surface area contributed by atoms with Crippen LogP contribution < -0.4 is 10.6 Å². The first-order valence-electron chi connectivity index (χ1n) is 6.78. The van der Waals surface area contributed by atoms with Gasteiger partial charge in [-0.25, -0.2) is 0 Å². The predicted octanol–water partition coefficient (Wildman–Crippen LogP) is 2.57. The van der Waals surface area contributed by atoms with Gasteiger partial charge in [0.05, 0.1) is 0 Å². The number of carbonyl (C=O) groups excluding carboxylic acids is 1. The molecule has 20 heavy (non-hydrogen) atoms. The summed E-state index contributed by atoms with van der Waals surface area (Å²) in [6.45, 7) is 2.64. The van der Waals surface area contributed by atoms with Gasteiger partial charge in [0, 0.05) is 24.1 Å². The van der Waals surface area contributed by atoms with E-state index in [-0.39, 0.29) is 5.91 Å². The van der Waals surface area contributed by atoms with Crippen molar-refractivity contribution in [2.24, 2.45) is 0 Å². The highest BCUT2D eigenvalue weighted by molar-refractivity contribution is 6.06. The summed E-state index contributed by atoms with van der Waals surface area (Å²) in [5.41, 5.74) is 10.1. The van der Waals surface area contributed by atoms with Gasteiger partial charge in [-0.3, -0.25) is 9.78 Å². The van der Waals surface area contributed by atoms with E-state index < -0.39 is 0 Å². The molecule has 0 bridgehead atoms. The summed E-state index contributed by atoms with van der Waals surface area (Å²) in [4.78, 5) is 18.7. The molecule has 1 aliphatic heterocycles. The Labute approximate surface area is 118 Å². The molecule has 0 aliphatic carbocycles. The molecule has 4 nitrogen and oxygen atoms in total. The van der Waals surface area contributed by atoms with E-state index in [0.717, 1.165) is 41.9 Å². The monoisotopic (exact) mass is 267 g/mol. The van der Waals surface area contributed by atoms with E-state index >= 15 is 0 Å². The minimum Gasteiger partial charge on any atom is -0.399 e. The molecule has 3 rings (SSSR count). The average Bonchev–Trinajstić information content (AvgIpc) is 2.46. The molecule has 1 aliphatic rings. The third kappa shape index (κ3) is 2.13. The van der Waals surface area contributed by atoms with Crippen molar-refractivity contribution in [3.8, 4) is 0 Å². The van der Waals surface area contributed by atoms with Crippen LogP contribution >= 0.6 is 0 Å². The van der Waals surface area contributed by atoms with E-state index in [1.165, 1.54) is 0 Å². The summed E-state index contributed by atoms with van der Waals surface area (Å²) in [6, 6.07) is 9.49. The highest BCUT2D eigenvalue weighted by Crippen LogP contribution is 2.30. The van der Waals surface area contributed by atoms with Gasteiger partial charge in [-0.05, 0) is 55.2 Å². The molecule has 0 atom stereocenters. The maximum atomic E-state index is 12.7. The molecular weight excluding hydrogens is 250 g/mol. The minimum absolute atomic E-state index is 0.0335. The molecule has 2 N–H and O–H groups in total. The first-order chi connectivity index (χ1) is 9.66. The highest BCUT2D eigenvalue weighted by Gasteiger charge is 2.25. The summed E-state index contributed by atoms with van der Waals surface area (Å²) >= 11 is 0. The van der Waals surface area contributed by atoms with Gasteiger partial charge >= 0.3 is 0 Å². The SMILES string of the molecule is Cc1cccnc1C(=O)N1CCCc2cc(N)ccc21. The number of nitrogens with zero attached hydrogens (tertiary/aromatic N) is 2. The molecule has 0 saturated carbocycles. The van der Waals surface area contributed by atoms with E-state index in [2.05, 4.69) is 4.98 Å². The minimum atomic E-state index is -0.0335. The first-order valence-corrected chi connectivity index (χ1v) is 6.78. The van der Waals surface area contributed by atoms with Crippen molar-refractivity contribution in [1.29, 1.82) is 0 Å². The lowest BCUT2D eigenvalue weighted by Gasteiger charge is -2.29. The van der Waals surface area contributed by atoms with Crippen LogP contribution in [0.3, 0.4) is 0 Å². The van der Waals surface area contributed by atoms with Gasteiger partial charge in [0.2, 0.25) is 0 Å². The Morgan fingerprint density at radius 3 is 3.00 bits per heavy atom. The Hall–Kier alpha value is -2.36. The Balaban J connectivity index is 2.01. The number of pyridine rings is 1. The van der Waals surface area contributed by atoms with Crippen molar-refractivity contribution in [3.63, 3.8) is 0 Å². The number of carbonyl (C=O) groups is 1. The smallest absolute Gasteiger partial charge is 0.277 e. The molecule has 0 unspecified atom stereocenters. The zero-order valence-corrected chi connectivity index (χ0v) is 11.5. The van der Waals surface area contributed by atoms with E-state index in [9.17, 15) is 4.79 Å². The Kier molecular flexibility index (Phi) is 3.14. The molecule has 2 aromatic rings. The van der Waals surface area contributed by atoms with Crippen molar-refractivity contribution < 1.29 is 4.79 Å². The second-order valence-corrected chi connectivity index (χ2v) is 5.12. The van der Waals surface area contributed by atoms with Crippen LogP contribution in [-0.4, -0.2) is 17.4 Å². The molecule has 1 aromatic carbocycles. The Bertz CT molecular complexity index is 667.